The fourth-order valence-corrected chi connectivity index (χ4v) is 4.28. The SMILES string of the molecule is CCOC(=O)c1cccc(N2C(=O)C3C(C2=O)C2(CO)C=CC3(C)O2)c1. The summed E-state index contributed by atoms with van der Waals surface area (Å²) >= 11 is 0. The van der Waals surface area contributed by atoms with Gasteiger partial charge in [0.25, 0.3) is 0 Å². The topological polar surface area (TPSA) is 93.1 Å². The van der Waals surface area contributed by atoms with Gasteiger partial charge in [-0.3, -0.25) is 9.59 Å². The molecule has 26 heavy (non-hydrogen) atoms. The van der Waals surface area contributed by atoms with Crippen LogP contribution in [0.1, 0.15) is 24.2 Å². The highest BCUT2D eigenvalue weighted by Crippen LogP contribution is 2.57. The number of fused-ring (bicyclic) bond motifs is 5. The summed E-state index contributed by atoms with van der Waals surface area (Å²) in [6.45, 7) is 3.30. The van der Waals surface area contributed by atoms with Crippen LogP contribution in [0.5, 0.6) is 0 Å². The largest absolute Gasteiger partial charge is 0.462 e. The monoisotopic (exact) mass is 357 g/mol. The van der Waals surface area contributed by atoms with Gasteiger partial charge in [0.15, 0.2) is 0 Å². The second kappa shape index (κ2) is 5.49. The molecule has 2 amide bonds. The normalized spacial score (nSPS) is 34.5. The maximum absolute atomic E-state index is 13.1. The average molecular weight is 357 g/mol. The Morgan fingerprint density at radius 1 is 1.27 bits per heavy atom. The van der Waals surface area contributed by atoms with Crippen LogP contribution in [0.2, 0.25) is 0 Å². The lowest BCUT2D eigenvalue weighted by Gasteiger charge is -2.27. The van der Waals surface area contributed by atoms with E-state index in [-0.39, 0.29) is 24.7 Å². The van der Waals surface area contributed by atoms with Gasteiger partial charge in [0.05, 0.1) is 41.9 Å². The van der Waals surface area contributed by atoms with Crippen molar-refractivity contribution in [3.05, 3.63) is 42.0 Å². The van der Waals surface area contributed by atoms with Crippen molar-refractivity contribution in [1.82, 2.24) is 0 Å². The molecule has 136 valence electrons. The highest BCUT2D eigenvalue weighted by molar-refractivity contribution is 6.23. The molecule has 3 aliphatic rings. The third-order valence-electron chi connectivity index (χ3n) is 5.42. The Kier molecular flexibility index (Phi) is 3.58. The summed E-state index contributed by atoms with van der Waals surface area (Å²) < 4.78 is 10.9. The Morgan fingerprint density at radius 3 is 2.69 bits per heavy atom. The van der Waals surface area contributed by atoms with Gasteiger partial charge in [0.2, 0.25) is 11.8 Å². The molecule has 2 fully saturated rings. The van der Waals surface area contributed by atoms with Crippen molar-refractivity contribution in [3.63, 3.8) is 0 Å². The number of rotatable bonds is 4. The number of aliphatic hydroxyl groups excluding tert-OH is 1. The zero-order chi connectivity index (χ0) is 18.7. The van der Waals surface area contributed by atoms with Crippen LogP contribution in [0.15, 0.2) is 36.4 Å². The fourth-order valence-electron chi connectivity index (χ4n) is 4.28. The Bertz CT molecular complexity index is 848. The van der Waals surface area contributed by atoms with Crippen LogP contribution >= 0.6 is 0 Å². The molecule has 2 bridgehead atoms. The summed E-state index contributed by atoms with van der Waals surface area (Å²) in [4.78, 5) is 39.2. The van der Waals surface area contributed by atoms with Gasteiger partial charge in [-0.2, -0.15) is 0 Å². The molecule has 1 N–H and O–H groups in total. The Labute approximate surface area is 150 Å². The van der Waals surface area contributed by atoms with Gasteiger partial charge in [-0.05, 0) is 32.0 Å². The summed E-state index contributed by atoms with van der Waals surface area (Å²) in [5.41, 5.74) is -1.51. The van der Waals surface area contributed by atoms with E-state index in [0.717, 1.165) is 4.90 Å². The molecule has 0 aromatic heterocycles. The standard InChI is InChI=1S/C19H19NO6/c1-3-25-17(24)11-5-4-6-12(9-11)20-15(22)13-14(16(20)23)19(10-21)8-7-18(13,2)26-19/h4-9,13-14,21H,3,10H2,1-2H3. The van der Waals surface area contributed by atoms with Crippen molar-refractivity contribution in [2.75, 3.05) is 18.1 Å². The number of esters is 1. The number of hydrogen-bond acceptors (Lipinski definition) is 6. The van der Waals surface area contributed by atoms with Crippen LogP contribution < -0.4 is 4.90 Å². The molecule has 0 saturated carbocycles. The number of amides is 2. The molecule has 4 rings (SSSR count). The lowest BCUT2D eigenvalue weighted by Crippen LogP contribution is -2.43. The summed E-state index contributed by atoms with van der Waals surface area (Å²) in [6.07, 6.45) is 3.42. The maximum atomic E-state index is 13.1. The second-order valence-electron chi connectivity index (χ2n) is 6.97. The number of hydrogen-bond donors (Lipinski definition) is 1. The van der Waals surface area contributed by atoms with Crippen LogP contribution in [0.3, 0.4) is 0 Å². The van der Waals surface area contributed by atoms with E-state index in [1.54, 1.807) is 44.2 Å². The van der Waals surface area contributed by atoms with E-state index in [4.69, 9.17) is 9.47 Å². The third-order valence-corrected chi connectivity index (χ3v) is 5.42. The van der Waals surface area contributed by atoms with Crippen molar-refractivity contribution >= 4 is 23.5 Å². The molecule has 7 heteroatoms. The Hall–Kier alpha value is -2.51. The predicted octanol–water partition coefficient (Wildman–Crippen LogP) is 1.06. The van der Waals surface area contributed by atoms with Crippen LogP contribution in [0.4, 0.5) is 5.69 Å². The first-order valence-corrected chi connectivity index (χ1v) is 8.53. The zero-order valence-corrected chi connectivity index (χ0v) is 14.5. The quantitative estimate of drug-likeness (QED) is 0.492. The van der Waals surface area contributed by atoms with Crippen LogP contribution in [-0.4, -0.2) is 47.3 Å². The van der Waals surface area contributed by atoms with E-state index >= 15 is 0 Å². The zero-order valence-electron chi connectivity index (χ0n) is 14.5. The van der Waals surface area contributed by atoms with E-state index in [9.17, 15) is 19.5 Å². The molecule has 0 spiro atoms. The van der Waals surface area contributed by atoms with E-state index in [1.807, 2.05) is 0 Å². The summed E-state index contributed by atoms with van der Waals surface area (Å²) in [6, 6.07) is 6.24. The first-order chi connectivity index (χ1) is 12.4. The lowest BCUT2D eigenvalue weighted by molar-refractivity contribution is -0.131. The van der Waals surface area contributed by atoms with E-state index in [0.29, 0.717) is 5.69 Å². The molecular weight excluding hydrogens is 338 g/mol. The number of imide groups is 1. The van der Waals surface area contributed by atoms with Gasteiger partial charge in [0, 0.05) is 0 Å². The van der Waals surface area contributed by atoms with Gasteiger partial charge >= 0.3 is 5.97 Å². The molecule has 4 unspecified atom stereocenters. The van der Waals surface area contributed by atoms with Crippen LogP contribution in [0, 0.1) is 11.8 Å². The Morgan fingerprint density at radius 2 is 2.00 bits per heavy atom. The number of carbonyl (C=O) groups excluding carboxylic acids is 3. The first-order valence-electron chi connectivity index (χ1n) is 8.53. The highest BCUT2D eigenvalue weighted by atomic mass is 16.5. The van der Waals surface area contributed by atoms with Gasteiger partial charge in [-0.1, -0.05) is 18.2 Å². The number of benzene rings is 1. The highest BCUT2D eigenvalue weighted by Gasteiger charge is 2.72. The number of carbonyl (C=O) groups is 3. The maximum Gasteiger partial charge on any atom is 0.338 e. The third kappa shape index (κ3) is 2.04. The van der Waals surface area contributed by atoms with Gasteiger partial charge < -0.3 is 14.6 Å². The fraction of sp³-hybridized carbons (Fsp3) is 0.421. The van der Waals surface area contributed by atoms with Crippen LogP contribution in [0.25, 0.3) is 0 Å². The summed E-state index contributed by atoms with van der Waals surface area (Å²) in [5, 5.41) is 9.82. The van der Waals surface area contributed by atoms with Crippen molar-refractivity contribution in [1.29, 1.82) is 0 Å². The van der Waals surface area contributed by atoms with Crippen molar-refractivity contribution < 1.29 is 29.0 Å². The molecule has 7 nitrogen and oxygen atoms in total. The molecule has 0 aliphatic carbocycles. The minimum absolute atomic E-state index is 0.231. The van der Waals surface area contributed by atoms with Gasteiger partial charge in [0.1, 0.15) is 5.60 Å². The minimum Gasteiger partial charge on any atom is -0.462 e. The smallest absolute Gasteiger partial charge is 0.338 e. The van der Waals surface area contributed by atoms with Crippen LogP contribution in [-0.2, 0) is 19.1 Å². The molecule has 3 aliphatic heterocycles. The summed E-state index contributed by atoms with van der Waals surface area (Å²) in [7, 11) is 0. The number of nitrogens with zero attached hydrogens (tertiary/aromatic N) is 1. The Balaban J connectivity index is 1.73. The van der Waals surface area contributed by atoms with E-state index in [2.05, 4.69) is 0 Å². The molecule has 3 heterocycles. The van der Waals surface area contributed by atoms with E-state index in [1.165, 1.54) is 6.07 Å². The van der Waals surface area contributed by atoms with Gasteiger partial charge in [-0.15, -0.1) is 0 Å². The average Bonchev–Trinajstić information content (AvgIpc) is 3.21. The summed E-state index contributed by atoms with van der Waals surface area (Å²) in [5.74, 6) is -2.80. The van der Waals surface area contributed by atoms with Gasteiger partial charge in [-0.25, -0.2) is 9.69 Å². The molecule has 0 radical (unpaired) electrons. The first kappa shape index (κ1) is 16.9. The van der Waals surface area contributed by atoms with Crippen molar-refractivity contribution in [3.8, 4) is 0 Å². The molecule has 4 atom stereocenters. The second-order valence-corrected chi connectivity index (χ2v) is 6.97. The number of ether oxygens (including phenoxy) is 2. The molecule has 2 saturated heterocycles. The predicted molar refractivity (Wildman–Crippen MR) is 90.3 cm³/mol. The van der Waals surface area contributed by atoms with Crippen molar-refractivity contribution in [2.45, 2.75) is 25.0 Å². The van der Waals surface area contributed by atoms with E-state index < -0.39 is 34.9 Å². The molecule has 1 aromatic carbocycles. The molecular formula is C19H19NO6. The van der Waals surface area contributed by atoms with Crippen molar-refractivity contribution in [2.24, 2.45) is 11.8 Å². The number of anilines is 1. The lowest BCUT2D eigenvalue weighted by atomic mass is 9.73. The minimum atomic E-state index is -1.17. The molecule has 1 aromatic rings. The number of aliphatic hydroxyl groups is 1.